The van der Waals surface area contributed by atoms with Gasteiger partial charge < -0.3 is 5.32 Å². The maximum Gasteiger partial charge on any atom is 0.272 e. The van der Waals surface area contributed by atoms with Crippen LogP contribution in [0.3, 0.4) is 0 Å². The van der Waals surface area contributed by atoms with Crippen LogP contribution in [0.1, 0.15) is 11.1 Å². The predicted octanol–water partition coefficient (Wildman–Crippen LogP) is 5.65. The minimum absolute atomic E-state index is 0.282. The van der Waals surface area contributed by atoms with Gasteiger partial charge in [-0.15, -0.1) is 0 Å². The van der Waals surface area contributed by atoms with Gasteiger partial charge in [0.15, 0.2) is 0 Å². The lowest BCUT2D eigenvalue weighted by molar-refractivity contribution is -0.117. The molecule has 0 radical (unpaired) electrons. The monoisotopic (exact) mass is 713 g/mol. The van der Waals surface area contributed by atoms with E-state index in [1.54, 1.807) is 18.5 Å². The maximum absolute atomic E-state index is 13.1. The molecule has 254 valence electrons. The second-order valence-electron chi connectivity index (χ2n) is 11.8. The number of carbonyl (C=O) groups is 1. The van der Waals surface area contributed by atoms with E-state index in [1.165, 1.54) is 31.8 Å². The Balaban J connectivity index is 0.995. The number of hydrogen-bond acceptors (Lipinski definition) is 5. The quantitative estimate of drug-likeness (QED) is 0.0873. The van der Waals surface area contributed by atoms with Crippen LogP contribution in [-0.4, -0.2) is 24.5 Å². The Kier molecular flexibility index (Phi) is 11.5. The van der Waals surface area contributed by atoms with Crippen LogP contribution in [0.2, 0.25) is 0 Å². The molecular formula is C44H37N5OP2. The molecule has 1 amide bonds. The first kappa shape index (κ1) is 34.5. The summed E-state index contributed by atoms with van der Waals surface area (Å²) in [7, 11) is -1.59. The maximum atomic E-state index is 13.1. The molecule has 6 nitrogen and oxygen atoms in total. The van der Waals surface area contributed by atoms with Gasteiger partial charge in [0.1, 0.15) is 6.17 Å². The first-order valence-corrected chi connectivity index (χ1v) is 19.7. The van der Waals surface area contributed by atoms with Gasteiger partial charge in [-0.05, 0) is 59.8 Å². The number of benzene rings is 6. The van der Waals surface area contributed by atoms with E-state index >= 15 is 0 Å². The Hall–Kier alpha value is -5.93. The van der Waals surface area contributed by atoms with Gasteiger partial charge in [-0.2, -0.15) is 10.2 Å². The zero-order valence-electron chi connectivity index (χ0n) is 28.3. The normalized spacial score (nSPS) is 14.0. The molecular weight excluding hydrogens is 676 g/mol. The molecule has 3 N–H and O–H groups in total. The molecule has 6 aromatic rings. The average Bonchev–Trinajstić information content (AvgIpc) is 3.21. The first-order chi connectivity index (χ1) is 25.7. The Labute approximate surface area is 307 Å². The number of nitrogens with one attached hydrogen (secondary N) is 3. The highest BCUT2D eigenvalue weighted by molar-refractivity contribution is 7.80. The second kappa shape index (κ2) is 17.3. The van der Waals surface area contributed by atoms with E-state index in [9.17, 15) is 4.79 Å². The molecule has 1 heterocycles. The van der Waals surface area contributed by atoms with Crippen LogP contribution in [0.4, 0.5) is 0 Å². The van der Waals surface area contributed by atoms with Crippen molar-refractivity contribution in [2.75, 3.05) is 0 Å². The van der Waals surface area contributed by atoms with E-state index in [2.05, 4.69) is 166 Å². The van der Waals surface area contributed by atoms with E-state index < -0.39 is 15.8 Å². The summed E-state index contributed by atoms with van der Waals surface area (Å²) in [5, 5.41) is 19.6. The molecule has 8 heteroatoms. The zero-order chi connectivity index (χ0) is 35.4. The van der Waals surface area contributed by atoms with Crippen molar-refractivity contribution in [2.45, 2.75) is 6.17 Å². The van der Waals surface area contributed by atoms with Crippen molar-refractivity contribution in [1.29, 1.82) is 0 Å². The lowest BCUT2D eigenvalue weighted by atomic mass is 10.2. The fourth-order valence-electron chi connectivity index (χ4n) is 5.88. The number of carbonyl (C=O) groups excluding carboxylic acids is 1. The molecule has 52 heavy (non-hydrogen) atoms. The fraction of sp³-hybridized carbons (Fsp3) is 0.0227. The van der Waals surface area contributed by atoms with E-state index in [1.807, 2.05) is 42.6 Å². The zero-order valence-corrected chi connectivity index (χ0v) is 30.1. The summed E-state index contributed by atoms with van der Waals surface area (Å²) in [6.45, 7) is 0. The third-order valence-electron chi connectivity index (χ3n) is 8.35. The van der Waals surface area contributed by atoms with Gasteiger partial charge in [0, 0.05) is 17.3 Å². The standard InChI is InChI=1S/C44H37N5OP2/c50-44(49-47-33-35-18-14-16-28-42(35)52(39-23-9-3-10-24-39)40-25-11-4-12-26-40)36-29-30-43(45-31-36)48-46-32-34-17-13-15-27-41(34)51(37-19-5-1-6-20-37)38-21-7-2-8-22-38/h1-33,43,45,48H,(H,49,50)/b46-32+,47-33+. The number of hydrazone groups is 2. The van der Waals surface area contributed by atoms with Crippen molar-refractivity contribution in [3.05, 3.63) is 205 Å². The molecule has 0 aliphatic carbocycles. The molecule has 1 aliphatic heterocycles. The number of rotatable bonds is 12. The van der Waals surface area contributed by atoms with Crippen LogP contribution in [0.25, 0.3) is 0 Å². The van der Waals surface area contributed by atoms with Crippen LogP contribution >= 0.6 is 15.8 Å². The SMILES string of the molecule is O=C(N/N=C/c1ccccc1P(c1ccccc1)c1ccccc1)C1=CNC(N/N=C/c2ccccc2P(c2ccccc2)c2ccccc2)C=C1. The van der Waals surface area contributed by atoms with Crippen LogP contribution in [0.15, 0.2) is 204 Å². The van der Waals surface area contributed by atoms with E-state index in [-0.39, 0.29) is 12.1 Å². The molecule has 0 fully saturated rings. The molecule has 0 bridgehead atoms. The Morgan fingerprint density at radius 2 is 0.942 bits per heavy atom. The molecule has 6 aromatic carbocycles. The van der Waals surface area contributed by atoms with Gasteiger partial charge in [-0.1, -0.05) is 170 Å². The third kappa shape index (κ3) is 8.50. The smallest absolute Gasteiger partial charge is 0.272 e. The molecule has 1 unspecified atom stereocenters. The third-order valence-corrected chi connectivity index (χ3v) is 13.4. The molecule has 0 aromatic heterocycles. The summed E-state index contributed by atoms with van der Waals surface area (Å²) >= 11 is 0. The summed E-state index contributed by atoms with van der Waals surface area (Å²) < 4.78 is 0. The minimum Gasteiger partial charge on any atom is -0.366 e. The number of nitrogens with zero attached hydrogens (tertiary/aromatic N) is 2. The molecule has 7 rings (SSSR count). The molecule has 0 saturated heterocycles. The topological polar surface area (TPSA) is 77.9 Å². The highest BCUT2D eigenvalue weighted by atomic mass is 31.1. The van der Waals surface area contributed by atoms with Crippen molar-refractivity contribution in [2.24, 2.45) is 10.2 Å². The predicted molar refractivity (Wildman–Crippen MR) is 221 cm³/mol. The molecule has 0 saturated carbocycles. The van der Waals surface area contributed by atoms with Gasteiger partial charge in [0.05, 0.1) is 18.0 Å². The van der Waals surface area contributed by atoms with Crippen molar-refractivity contribution in [3.8, 4) is 0 Å². The van der Waals surface area contributed by atoms with Crippen molar-refractivity contribution in [3.63, 3.8) is 0 Å². The van der Waals surface area contributed by atoms with Crippen molar-refractivity contribution < 1.29 is 4.79 Å². The van der Waals surface area contributed by atoms with Gasteiger partial charge >= 0.3 is 0 Å². The van der Waals surface area contributed by atoms with Crippen LogP contribution in [0.5, 0.6) is 0 Å². The summed E-state index contributed by atoms with van der Waals surface area (Å²) in [4.78, 5) is 13.1. The summed E-state index contributed by atoms with van der Waals surface area (Å²) in [5.41, 5.74) is 8.32. The summed E-state index contributed by atoms with van der Waals surface area (Å²) in [6, 6.07) is 58.9. The molecule has 0 spiro atoms. The Morgan fingerprint density at radius 1 is 0.538 bits per heavy atom. The first-order valence-electron chi connectivity index (χ1n) is 17.0. The van der Waals surface area contributed by atoms with E-state index in [4.69, 9.17) is 0 Å². The summed E-state index contributed by atoms with van der Waals surface area (Å²) in [6.07, 6.45) is 8.62. The Morgan fingerprint density at radius 3 is 1.37 bits per heavy atom. The van der Waals surface area contributed by atoms with Gasteiger partial charge in [0.2, 0.25) is 0 Å². The van der Waals surface area contributed by atoms with Crippen molar-refractivity contribution >= 4 is 66.0 Å². The molecule has 1 atom stereocenters. The highest BCUT2D eigenvalue weighted by Gasteiger charge is 2.20. The number of amides is 1. The minimum atomic E-state index is -0.817. The van der Waals surface area contributed by atoms with Gasteiger partial charge in [0.25, 0.3) is 5.91 Å². The van der Waals surface area contributed by atoms with E-state index in [0.717, 1.165) is 11.1 Å². The van der Waals surface area contributed by atoms with Crippen LogP contribution in [0, 0.1) is 0 Å². The summed E-state index contributed by atoms with van der Waals surface area (Å²) in [5.74, 6) is -0.308. The average molecular weight is 714 g/mol. The van der Waals surface area contributed by atoms with Crippen molar-refractivity contribution in [1.82, 2.24) is 16.2 Å². The lowest BCUT2D eigenvalue weighted by Gasteiger charge is -2.21. The van der Waals surface area contributed by atoms with Gasteiger partial charge in [-0.25, -0.2) is 5.43 Å². The highest BCUT2D eigenvalue weighted by Crippen LogP contribution is 2.34. The fourth-order valence-corrected chi connectivity index (χ4v) is 10.7. The van der Waals surface area contributed by atoms with Gasteiger partial charge in [-0.3, -0.25) is 10.2 Å². The molecule has 1 aliphatic rings. The number of dihydropyridines is 1. The lowest BCUT2D eigenvalue weighted by Crippen LogP contribution is -2.37. The number of hydrogen-bond donors (Lipinski definition) is 3. The Bertz CT molecular complexity index is 2130. The van der Waals surface area contributed by atoms with Crippen LogP contribution in [-0.2, 0) is 4.79 Å². The van der Waals surface area contributed by atoms with Crippen LogP contribution < -0.4 is 48.0 Å². The second-order valence-corrected chi connectivity index (χ2v) is 16.2. The van der Waals surface area contributed by atoms with E-state index in [0.29, 0.717) is 5.57 Å². The largest absolute Gasteiger partial charge is 0.366 e.